The van der Waals surface area contributed by atoms with E-state index in [4.69, 9.17) is 0 Å². The molecule has 0 aliphatic rings. The molecule has 2 aromatic rings. The van der Waals surface area contributed by atoms with Gasteiger partial charge in [-0.25, -0.2) is 0 Å². The lowest BCUT2D eigenvalue weighted by molar-refractivity contribution is -0.129. The van der Waals surface area contributed by atoms with E-state index in [0.29, 0.717) is 13.0 Å². The van der Waals surface area contributed by atoms with Crippen molar-refractivity contribution in [1.29, 1.82) is 0 Å². The Hall–Kier alpha value is -1.81. The minimum atomic E-state index is -0.878. The molecule has 0 aliphatic heterocycles. The molecular weight excluding hydrogens is 360 g/mol. The van der Waals surface area contributed by atoms with Crippen molar-refractivity contribution in [1.82, 2.24) is 10.3 Å². The quantitative estimate of drug-likeness (QED) is 0.308. The first-order valence-corrected chi connectivity index (χ1v) is 11.7. The molecule has 1 heterocycles. The third kappa shape index (κ3) is 9.03. The molecule has 1 amide bonds. The number of fused-ring (bicyclic) bond motifs is 1. The average molecular weight is 401 g/mol. The van der Waals surface area contributed by atoms with Gasteiger partial charge in [-0.2, -0.15) is 0 Å². The van der Waals surface area contributed by atoms with Crippen LogP contribution in [-0.4, -0.2) is 28.6 Å². The van der Waals surface area contributed by atoms with E-state index in [2.05, 4.69) is 29.4 Å². The highest BCUT2D eigenvalue weighted by Gasteiger charge is 2.14. The van der Waals surface area contributed by atoms with Gasteiger partial charge in [0.1, 0.15) is 6.10 Å². The number of H-pyrrole nitrogens is 1. The van der Waals surface area contributed by atoms with Crippen molar-refractivity contribution >= 4 is 16.8 Å². The Morgan fingerprint density at radius 2 is 1.59 bits per heavy atom. The normalized spacial score (nSPS) is 12.3. The molecule has 162 valence electrons. The van der Waals surface area contributed by atoms with Crippen LogP contribution < -0.4 is 5.32 Å². The van der Waals surface area contributed by atoms with Crippen molar-refractivity contribution in [2.75, 3.05) is 6.54 Å². The fourth-order valence-corrected chi connectivity index (χ4v) is 3.91. The molecule has 4 heteroatoms. The van der Waals surface area contributed by atoms with Crippen LogP contribution in [0, 0.1) is 0 Å². The SMILES string of the molecule is CCCCCCCCCCCCCC(O)C(=O)NCCc1c[nH]c2ccccc12. The molecule has 0 saturated carbocycles. The van der Waals surface area contributed by atoms with Gasteiger partial charge in [0, 0.05) is 23.6 Å². The maximum absolute atomic E-state index is 12.1. The summed E-state index contributed by atoms with van der Waals surface area (Å²) in [5.41, 5.74) is 2.31. The first-order valence-electron chi connectivity index (χ1n) is 11.7. The van der Waals surface area contributed by atoms with Crippen LogP contribution in [0.25, 0.3) is 10.9 Å². The Morgan fingerprint density at radius 1 is 0.966 bits per heavy atom. The Labute approximate surface area is 176 Å². The molecule has 29 heavy (non-hydrogen) atoms. The van der Waals surface area contributed by atoms with Crippen molar-refractivity contribution in [3.05, 3.63) is 36.0 Å². The van der Waals surface area contributed by atoms with E-state index < -0.39 is 6.10 Å². The Morgan fingerprint density at radius 3 is 2.28 bits per heavy atom. The number of carbonyl (C=O) groups is 1. The second-order valence-corrected chi connectivity index (χ2v) is 8.24. The number of hydrogen-bond acceptors (Lipinski definition) is 2. The van der Waals surface area contributed by atoms with E-state index in [1.54, 1.807) is 0 Å². The monoisotopic (exact) mass is 400 g/mol. The summed E-state index contributed by atoms with van der Waals surface area (Å²) >= 11 is 0. The molecule has 1 aromatic carbocycles. The summed E-state index contributed by atoms with van der Waals surface area (Å²) in [6.45, 7) is 2.81. The third-order valence-electron chi connectivity index (χ3n) is 5.75. The minimum absolute atomic E-state index is 0.239. The lowest BCUT2D eigenvalue weighted by Gasteiger charge is -2.11. The van der Waals surface area contributed by atoms with Crippen LogP contribution in [0.15, 0.2) is 30.5 Å². The summed E-state index contributed by atoms with van der Waals surface area (Å²) in [6.07, 6.45) is 16.5. The molecule has 4 nitrogen and oxygen atoms in total. The number of aromatic amines is 1. The van der Waals surface area contributed by atoms with Gasteiger partial charge in [0.2, 0.25) is 5.91 Å². The summed E-state index contributed by atoms with van der Waals surface area (Å²) in [5.74, 6) is -0.239. The largest absolute Gasteiger partial charge is 0.383 e. The van der Waals surface area contributed by atoms with Crippen LogP contribution in [-0.2, 0) is 11.2 Å². The summed E-state index contributed by atoms with van der Waals surface area (Å²) in [7, 11) is 0. The molecule has 0 spiro atoms. The van der Waals surface area contributed by atoms with Crippen LogP contribution in [0.4, 0.5) is 0 Å². The topological polar surface area (TPSA) is 65.1 Å². The molecule has 1 aromatic heterocycles. The van der Waals surface area contributed by atoms with Gasteiger partial charge >= 0.3 is 0 Å². The molecule has 0 saturated heterocycles. The first-order chi connectivity index (χ1) is 14.2. The predicted octanol–water partition coefficient (Wildman–Crippen LogP) is 5.89. The number of unbranched alkanes of at least 4 members (excludes halogenated alkanes) is 10. The number of aliphatic hydroxyl groups is 1. The summed E-state index contributed by atoms with van der Waals surface area (Å²) < 4.78 is 0. The van der Waals surface area contributed by atoms with E-state index in [0.717, 1.165) is 24.8 Å². The number of hydrogen-bond donors (Lipinski definition) is 3. The Balaban J connectivity index is 1.47. The number of aromatic nitrogens is 1. The summed E-state index contributed by atoms with van der Waals surface area (Å²) in [6, 6.07) is 8.17. The van der Waals surface area contributed by atoms with Gasteiger partial charge in [-0.1, -0.05) is 95.8 Å². The van der Waals surface area contributed by atoms with Gasteiger partial charge in [-0.3, -0.25) is 4.79 Å². The third-order valence-corrected chi connectivity index (χ3v) is 5.75. The van der Waals surface area contributed by atoms with E-state index in [1.165, 1.54) is 68.7 Å². The van der Waals surface area contributed by atoms with Gasteiger partial charge in [0.15, 0.2) is 0 Å². The summed E-state index contributed by atoms with van der Waals surface area (Å²) in [5, 5.41) is 14.1. The second-order valence-electron chi connectivity index (χ2n) is 8.24. The molecule has 0 radical (unpaired) electrons. The molecule has 0 bridgehead atoms. The van der Waals surface area contributed by atoms with Crippen LogP contribution >= 0.6 is 0 Å². The number of aliphatic hydroxyl groups excluding tert-OH is 1. The Bertz CT molecular complexity index is 695. The number of nitrogens with one attached hydrogen (secondary N) is 2. The van der Waals surface area contributed by atoms with Gasteiger partial charge in [-0.15, -0.1) is 0 Å². The van der Waals surface area contributed by atoms with Gasteiger partial charge in [0.05, 0.1) is 0 Å². The zero-order valence-corrected chi connectivity index (χ0v) is 18.2. The second kappa shape index (κ2) is 14.2. The molecule has 1 unspecified atom stereocenters. The average Bonchev–Trinajstić information content (AvgIpc) is 3.15. The van der Waals surface area contributed by atoms with E-state index in [-0.39, 0.29) is 5.91 Å². The number of amides is 1. The number of carbonyl (C=O) groups excluding carboxylic acids is 1. The van der Waals surface area contributed by atoms with Crippen molar-refractivity contribution < 1.29 is 9.90 Å². The molecule has 2 rings (SSSR count). The minimum Gasteiger partial charge on any atom is -0.383 e. The fraction of sp³-hybridized carbons (Fsp3) is 0.640. The number of benzene rings is 1. The molecule has 0 fully saturated rings. The van der Waals surface area contributed by atoms with Crippen molar-refractivity contribution in [3.8, 4) is 0 Å². The standard InChI is InChI=1S/C25H40N2O2/c1-2-3-4-5-6-7-8-9-10-11-12-17-24(28)25(29)26-19-18-21-20-27-23-16-14-13-15-22(21)23/h13-16,20,24,27-28H,2-12,17-19H2,1H3,(H,26,29). The lowest BCUT2D eigenvalue weighted by Crippen LogP contribution is -2.35. The zero-order valence-electron chi connectivity index (χ0n) is 18.2. The van der Waals surface area contributed by atoms with Crippen LogP contribution in [0.5, 0.6) is 0 Å². The maximum Gasteiger partial charge on any atom is 0.248 e. The molecular formula is C25H40N2O2. The summed E-state index contributed by atoms with van der Waals surface area (Å²) in [4.78, 5) is 15.3. The lowest BCUT2D eigenvalue weighted by atomic mass is 10.0. The van der Waals surface area contributed by atoms with Crippen LogP contribution in [0.3, 0.4) is 0 Å². The van der Waals surface area contributed by atoms with E-state index in [9.17, 15) is 9.90 Å². The maximum atomic E-state index is 12.1. The van der Waals surface area contributed by atoms with Gasteiger partial charge in [0.25, 0.3) is 0 Å². The highest BCUT2D eigenvalue weighted by Crippen LogP contribution is 2.17. The number of rotatable bonds is 16. The predicted molar refractivity (Wildman–Crippen MR) is 122 cm³/mol. The van der Waals surface area contributed by atoms with Crippen molar-refractivity contribution in [2.45, 2.75) is 96.5 Å². The molecule has 3 N–H and O–H groups in total. The van der Waals surface area contributed by atoms with Gasteiger partial charge in [-0.05, 0) is 24.5 Å². The first kappa shape index (κ1) is 23.5. The van der Waals surface area contributed by atoms with Crippen LogP contribution in [0.1, 0.15) is 89.5 Å². The number of para-hydroxylation sites is 1. The highest BCUT2D eigenvalue weighted by atomic mass is 16.3. The van der Waals surface area contributed by atoms with Crippen molar-refractivity contribution in [2.24, 2.45) is 0 Å². The van der Waals surface area contributed by atoms with Gasteiger partial charge < -0.3 is 15.4 Å². The van der Waals surface area contributed by atoms with E-state index in [1.807, 2.05) is 18.3 Å². The molecule has 0 aliphatic carbocycles. The van der Waals surface area contributed by atoms with Crippen molar-refractivity contribution in [3.63, 3.8) is 0 Å². The molecule has 1 atom stereocenters. The van der Waals surface area contributed by atoms with E-state index >= 15 is 0 Å². The van der Waals surface area contributed by atoms with Crippen LogP contribution in [0.2, 0.25) is 0 Å². The highest BCUT2D eigenvalue weighted by molar-refractivity contribution is 5.83. The zero-order chi connectivity index (χ0) is 20.7. The Kier molecular flexibility index (Phi) is 11.5. The fourth-order valence-electron chi connectivity index (χ4n) is 3.91. The smallest absolute Gasteiger partial charge is 0.248 e.